The van der Waals surface area contributed by atoms with Gasteiger partial charge in [-0.25, -0.2) is 8.78 Å². The molecule has 4 heteroatoms. The minimum absolute atomic E-state index is 0.178. The summed E-state index contributed by atoms with van der Waals surface area (Å²) < 4.78 is 27.3. The zero-order valence-electron chi connectivity index (χ0n) is 10.8. The molecule has 1 aliphatic carbocycles. The van der Waals surface area contributed by atoms with E-state index in [0.717, 1.165) is 25.3 Å². The largest absolute Gasteiger partial charge is 0.380 e. The monoisotopic (exact) mass is 337 g/mol. The average Bonchev–Trinajstić information content (AvgIpc) is 2.44. The third kappa shape index (κ3) is 2.70. The fraction of sp³-hybridized carbons (Fsp3) is 0.250. The Labute approximate surface area is 125 Å². The smallest absolute Gasteiger partial charge is 0.149 e. The lowest BCUT2D eigenvalue weighted by molar-refractivity contribution is 0.570. The number of benzene rings is 2. The van der Waals surface area contributed by atoms with Gasteiger partial charge >= 0.3 is 0 Å². The van der Waals surface area contributed by atoms with Crippen molar-refractivity contribution in [2.45, 2.75) is 25.3 Å². The van der Waals surface area contributed by atoms with Gasteiger partial charge in [0, 0.05) is 12.1 Å². The molecule has 3 rings (SSSR count). The predicted molar refractivity (Wildman–Crippen MR) is 79.9 cm³/mol. The van der Waals surface area contributed by atoms with E-state index in [-0.39, 0.29) is 10.5 Å². The van der Waals surface area contributed by atoms with Crippen molar-refractivity contribution in [3.05, 3.63) is 63.6 Å². The summed E-state index contributed by atoms with van der Waals surface area (Å²) in [5, 5.41) is 3.19. The second-order valence-corrected chi connectivity index (χ2v) is 5.95. The lowest BCUT2D eigenvalue weighted by Gasteiger charge is -2.26. The molecule has 1 unspecified atom stereocenters. The summed E-state index contributed by atoms with van der Waals surface area (Å²) >= 11 is 3.09. The molecule has 2 aromatic carbocycles. The van der Waals surface area contributed by atoms with Gasteiger partial charge in [-0.05, 0) is 52.4 Å². The summed E-state index contributed by atoms with van der Waals surface area (Å²) in [6.45, 7) is 0. The first-order chi connectivity index (χ1) is 9.63. The van der Waals surface area contributed by atoms with Crippen LogP contribution in [0, 0.1) is 11.6 Å². The van der Waals surface area contributed by atoms with Gasteiger partial charge in [0.15, 0.2) is 0 Å². The van der Waals surface area contributed by atoms with Crippen LogP contribution in [-0.2, 0) is 12.8 Å². The molecule has 1 N–H and O–H groups in total. The van der Waals surface area contributed by atoms with Crippen LogP contribution in [0.25, 0.3) is 0 Å². The molecule has 1 nitrogen and oxygen atoms in total. The van der Waals surface area contributed by atoms with Crippen LogP contribution >= 0.6 is 15.9 Å². The van der Waals surface area contributed by atoms with Crippen molar-refractivity contribution in [1.82, 2.24) is 0 Å². The minimum atomic E-state index is -0.581. The molecule has 0 saturated carbocycles. The summed E-state index contributed by atoms with van der Waals surface area (Å²) in [7, 11) is 0. The van der Waals surface area contributed by atoms with E-state index in [1.54, 1.807) is 0 Å². The Hall–Kier alpha value is -1.42. The molecule has 1 aliphatic rings. The van der Waals surface area contributed by atoms with E-state index in [0.29, 0.717) is 5.69 Å². The zero-order valence-corrected chi connectivity index (χ0v) is 12.4. The van der Waals surface area contributed by atoms with E-state index in [9.17, 15) is 8.78 Å². The third-order valence-corrected chi connectivity index (χ3v) is 4.32. The number of fused-ring (bicyclic) bond motifs is 1. The predicted octanol–water partition coefficient (Wildman–Crippen LogP) is 4.70. The van der Waals surface area contributed by atoms with Gasteiger partial charge in [-0.3, -0.25) is 0 Å². The molecule has 0 aromatic heterocycles. The molecular weight excluding hydrogens is 324 g/mol. The molecule has 20 heavy (non-hydrogen) atoms. The van der Waals surface area contributed by atoms with E-state index in [2.05, 4.69) is 33.4 Å². The summed E-state index contributed by atoms with van der Waals surface area (Å²) in [5.41, 5.74) is 3.02. The van der Waals surface area contributed by atoms with Crippen LogP contribution in [0.4, 0.5) is 14.5 Å². The van der Waals surface area contributed by atoms with E-state index in [1.807, 2.05) is 12.1 Å². The number of rotatable bonds is 2. The molecule has 0 saturated heterocycles. The Morgan fingerprint density at radius 1 is 1.05 bits per heavy atom. The fourth-order valence-electron chi connectivity index (χ4n) is 2.67. The summed E-state index contributed by atoms with van der Waals surface area (Å²) in [5.74, 6) is -1.13. The highest BCUT2D eigenvalue weighted by molar-refractivity contribution is 9.10. The maximum absolute atomic E-state index is 13.8. The summed E-state index contributed by atoms with van der Waals surface area (Å²) in [6, 6.07) is 10.9. The molecule has 1 atom stereocenters. The molecule has 0 spiro atoms. The highest BCUT2D eigenvalue weighted by Crippen LogP contribution is 2.27. The number of halogens is 3. The topological polar surface area (TPSA) is 12.0 Å². The van der Waals surface area contributed by atoms with Crippen molar-refractivity contribution in [1.29, 1.82) is 0 Å². The second-order valence-electron chi connectivity index (χ2n) is 5.10. The Morgan fingerprint density at radius 3 is 2.60 bits per heavy atom. The average molecular weight is 338 g/mol. The molecule has 0 amide bonds. The van der Waals surface area contributed by atoms with Crippen LogP contribution in [-0.4, -0.2) is 6.04 Å². The first-order valence-corrected chi connectivity index (χ1v) is 7.40. The lowest BCUT2D eigenvalue weighted by Crippen LogP contribution is -2.27. The summed E-state index contributed by atoms with van der Waals surface area (Å²) in [6.07, 6.45) is 2.80. The molecule has 0 bridgehead atoms. The molecule has 0 fully saturated rings. The van der Waals surface area contributed by atoms with Gasteiger partial charge < -0.3 is 5.32 Å². The van der Waals surface area contributed by atoms with Gasteiger partial charge in [0.1, 0.15) is 11.6 Å². The fourth-order valence-corrected chi connectivity index (χ4v) is 3.02. The van der Waals surface area contributed by atoms with E-state index in [1.165, 1.54) is 17.2 Å². The van der Waals surface area contributed by atoms with Gasteiger partial charge in [0.2, 0.25) is 0 Å². The van der Waals surface area contributed by atoms with Crippen molar-refractivity contribution < 1.29 is 8.78 Å². The Morgan fingerprint density at radius 2 is 1.80 bits per heavy atom. The highest BCUT2D eigenvalue weighted by atomic mass is 79.9. The van der Waals surface area contributed by atoms with Gasteiger partial charge in [-0.2, -0.15) is 0 Å². The van der Waals surface area contributed by atoms with Crippen molar-refractivity contribution >= 4 is 21.6 Å². The highest BCUT2D eigenvalue weighted by Gasteiger charge is 2.19. The van der Waals surface area contributed by atoms with Crippen LogP contribution in [0.2, 0.25) is 0 Å². The zero-order chi connectivity index (χ0) is 14.1. The number of hydrogen-bond acceptors (Lipinski definition) is 1. The Balaban J connectivity index is 1.78. The quantitative estimate of drug-likeness (QED) is 0.783. The first kappa shape index (κ1) is 13.6. The molecule has 2 aromatic rings. The van der Waals surface area contributed by atoms with Crippen LogP contribution in [0.1, 0.15) is 17.5 Å². The molecule has 0 radical (unpaired) electrons. The van der Waals surface area contributed by atoms with Crippen molar-refractivity contribution in [3.8, 4) is 0 Å². The van der Waals surface area contributed by atoms with Gasteiger partial charge in [-0.1, -0.05) is 24.3 Å². The summed E-state index contributed by atoms with van der Waals surface area (Å²) in [4.78, 5) is 0. The maximum Gasteiger partial charge on any atom is 0.149 e. The second kappa shape index (κ2) is 5.52. The van der Waals surface area contributed by atoms with Crippen molar-refractivity contribution in [2.75, 3.05) is 5.32 Å². The number of aryl methyl sites for hydroxylation is 1. The minimum Gasteiger partial charge on any atom is -0.380 e. The van der Waals surface area contributed by atoms with Crippen molar-refractivity contribution in [2.24, 2.45) is 0 Å². The number of nitrogens with one attached hydrogen (secondary N) is 1. The Bertz CT molecular complexity index is 642. The SMILES string of the molecule is Fc1cc(F)c(NC2CCc3ccccc3C2)cc1Br. The third-order valence-electron chi connectivity index (χ3n) is 3.72. The number of anilines is 1. The van der Waals surface area contributed by atoms with Crippen LogP contribution < -0.4 is 5.32 Å². The Kier molecular flexibility index (Phi) is 3.74. The molecule has 0 heterocycles. The lowest BCUT2D eigenvalue weighted by atomic mass is 9.88. The van der Waals surface area contributed by atoms with E-state index < -0.39 is 11.6 Å². The van der Waals surface area contributed by atoms with Gasteiger partial charge in [0.25, 0.3) is 0 Å². The van der Waals surface area contributed by atoms with Gasteiger partial charge in [0.05, 0.1) is 10.2 Å². The molecular formula is C16H14BrF2N. The first-order valence-electron chi connectivity index (χ1n) is 6.61. The number of hydrogen-bond donors (Lipinski definition) is 1. The molecule has 0 aliphatic heterocycles. The standard InChI is InChI=1S/C16H14BrF2N/c17-13-8-16(15(19)9-14(13)18)20-12-6-5-10-3-1-2-4-11(10)7-12/h1-4,8-9,12,20H,5-7H2. The van der Waals surface area contributed by atoms with E-state index >= 15 is 0 Å². The molecule has 104 valence electrons. The van der Waals surface area contributed by atoms with Crippen LogP contribution in [0.3, 0.4) is 0 Å². The van der Waals surface area contributed by atoms with Crippen molar-refractivity contribution in [3.63, 3.8) is 0 Å². The normalized spacial score (nSPS) is 17.6. The van der Waals surface area contributed by atoms with Crippen LogP contribution in [0.5, 0.6) is 0 Å². The van der Waals surface area contributed by atoms with Crippen LogP contribution in [0.15, 0.2) is 40.9 Å². The maximum atomic E-state index is 13.8. The van der Waals surface area contributed by atoms with E-state index in [4.69, 9.17) is 0 Å². The van der Waals surface area contributed by atoms with Gasteiger partial charge in [-0.15, -0.1) is 0 Å².